The van der Waals surface area contributed by atoms with E-state index in [2.05, 4.69) is 5.32 Å². The molecule has 2 amide bonds. The summed E-state index contributed by atoms with van der Waals surface area (Å²) in [5, 5.41) is 11.5. The molecule has 0 aromatic carbocycles. The molecule has 1 atom stereocenters. The predicted molar refractivity (Wildman–Crippen MR) is 81.5 cm³/mol. The summed E-state index contributed by atoms with van der Waals surface area (Å²) in [6, 6.07) is -1.51. The van der Waals surface area contributed by atoms with Crippen molar-refractivity contribution in [1.82, 2.24) is 10.2 Å². The predicted octanol–water partition coefficient (Wildman–Crippen LogP) is 1.18. The number of urea groups is 1. The Kier molecular flexibility index (Phi) is 10.5. The van der Waals surface area contributed by atoms with Crippen LogP contribution in [0, 0.1) is 0 Å². The summed E-state index contributed by atoms with van der Waals surface area (Å²) < 4.78 is 4.81. The van der Waals surface area contributed by atoms with E-state index in [1.807, 2.05) is 13.2 Å². The summed E-state index contributed by atoms with van der Waals surface area (Å²) in [4.78, 5) is 35.9. The number of thioether (sulfide) groups is 1. The number of nitrogens with one attached hydrogen (secondary N) is 1. The first-order valence-electron chi connectivity index (χ1n) is 6.89. The molecule has 7 nitrogen and oxygen atoms in total. The molecule has 0 aromatic rings. The highest BCUT2D eigenvalue weighted by atomic mass is 32.2. The minimum absolute atomic E-state index is 0.178. The van der Waals surface area contributed by atoms with Gasteiger partial charge in [0.1, 0.15) is 12.6 Å². The van der Waals surface area contributed by atoms with Gasteiger partial charge in [0.15, 0.2) is 0 Å². The number of carboxylic acid groups (broad SMARTS) is 1. The zero-order valence-electron chi connectivity index (χ0n) is 12.8. The zero-order chi connectivity index (χ0) is 16.3. The molecule has 0 spiro atoms. The Hall–Kier alpha value is -1.44. The van der Waals surface area contributed by atoms with E-state index < -0.39 is 24.0 Å². The number of hydrogen-bond donors (Lipinski definition) is 2. The molecule has 0 saturated heterocycles. The number of nitrogens with zero attached hydrogens (tertiary/aromatic N) is 1. The van der Waals surface area contributed by atoms with Crippen LogP contribution < -0.4 is 5.32 Å². The highest BCUT2D eigenvalue weighted by Gasteiger charge is 2.24. The number of esters is 1. The first kappa shape index (κ1) is 19.6. The van der Waals surface area contributed by atoms with Crippen LogP contribution in [0.2, 0.25) is 0 Å². The Morgan fingerprint density at radius 1 is 1.33 bits per heavy atom. The molecule has 0 bridgehead atoms. The Morgan fingerprint density at radius 2 is 2.00 bits per heavy atom. The van der Waals surface area contributed by atoms with Crippen LogP contribution in [0.15, 0.2) is 0 Å². The average molecular weight is 320 g/mol. The maximum Gasteiger partial charge on any atom is 0.326 e. The van der Waals surface area contributed by atoms with Gasteiger partial charge in [-0.05, 0) is 31.8 Å². The van der Waals surface area contributed by atoms with E-state index >= 15 is 0 Å². The summed E-state index contributed by atoms with van der Waals surface area (Å²) in [5.41, 5.74) is 0. The second kappa shape index (κ2) is 11.2. The van der Waals surface area contributed by atoms with Crippen molar-refractivity contribution in [3.63, 3.8) is 0 Å². The van der Waals surface area contributed by atoms with E-state index in [4.69, 9.17) is 9.84 Å². The highest BCUT2D eigenvalue weighted by molar-refractivity contribution is 7.98. The van der Waals surface area contributed by atoms with Crippen LogP contribution in [0.25, 0.3) is 0 Å². The van der Waals surface area contributed by atoms with Crippen molar-refractivity contribution in [3.8, 4) is 0 Å². The molecule has 122 valence electrons. The van der Waals surface area contributed by atoms with Gasteiger partial charge < -0.3 is 20.1 Å². The second-order valence-corrected chi connectivity index (χ2v) is 5.33. The summed E-state index contributed by atoms with van der Waals surface area (Å²) in [6.45, 7) is 3.98. The molecule has 0 saturated carbocycles. The molecule has 0 aromatic heterocycles. The molecule has 21 heavy (non-hydrogen) atoms. The topological polar surface area (TPSA) is 95.9 Å². The van der Waals surface area contributed by atoms with Crippen LogP contribution in [0.4, 0.5) is 4.79 Å². The lowest BCUT2D eigenvalue weighted by molar-refractivity contribution is -0.143. The normalized spacial score (nSPS) is 11.6. The third-order valence-corrected chi connectivity index (χ3v) is 3.26. The van der Waals surface area contributed by atoms with Crippen molar-refractivity contribution in [2.75, 3.05) is 31.7 Å². The molecule has 8 heteroatoms. The van der Waals surface area contributed by atoms with Gasteiger partial charge in [-0.1, -0.05) is 6.92 Å². The van der Waals surface area contributed by atoms with Gasteiger partial charge in [0.05, 0.1) is 6.61 Å². The van der Waals surface area contributed by atoms with E-state index in [0.29, 0.717) is 25.1 Å². The Morgan fingerprint density at radius 3 is 2.48 bits per heavy atom. The lowest BCUT2D eigenvalue weighted by Crippen LogP contribution is -2.50. The molecule has 0 heterocycles. The fourth-order valence-corrected chi connectivity index (χ4v) is 2.09. The van der Waals surface area contributed by atoms with E-state index in [9.17, 15) is 14.4 Å². The van der Waals surface area contributed by atoms with Crippen LogP contribution in [-0.4, -0.2) is 65.7 Å². The summed E-state index contributed by atoms with van der Waals surface area (Å²) >= 11 is 1.51. The van der Waals surface area contributed by atoms with Crippen LogP contribution in [0.5, 0.6) is 0 Å². The number of ether oxygens (including phenoxy) is 1. The number of carbonyl (C=O) groups is 3. The monoisotopic (exact) mass is 320 g/mol. The summed E-state index contributed by atoms with van der Waals surface area (Å²) in [6.07, 6.45) is 2.86. The number of amides is 2. The van der Waals surface area contributed by atoms with Crippen LogP contribution in [0.1, 0.15) is 26.7 Å². The molecular formula is C13H24N2O5S. The van der Waals surface area contributed by atoms with Gasteiger partial charge in [0.2, 0.25) is 0 Å². The lowest BCUT2D eigenvalue weighted by atomic mass is 10.2. The molecule has 0 aliphatic carbocycles. The lowest BCUT2D eigenvalue weighted by Gasteiger charge is -2.24. The molecule has 2 N–H and O–H groups in total. The molecule has 0 fully saturated rings. The van der Waals surface area contributed by atoms with Crippen LogP contribution in [0.3, 0.4) is 0 Å². The Balaban J connectivity index is 4.62. The fraction of sp³-hybridized carbons (Fsp3) is 0.769. The van der Waals surface area contributed by atoms with E-state index in [-0.39, 0.29) is 13.2 Å². The highest BCUT2D eigenvalue weighted by Crippen LogP contribution is 2.03. The van der Waals surface area contributed by atoms with Gasteiger partial charge in [-0.15, -0.1) is 0 Å². The van der Waals surface area contributed by atoms with Gasteiger partial charge in [-0.3, -0.25) is 4.79 Å². The maximum absolute atomic E-state index is 12.1. The van der Waals surface area contributed by atoms with Crippen molar-refractivity contribution >= 4 is 29.7 Å². The van der Waals surface area contributed by atoms with Gasteiger partial charge in [-0.2, -0.15) is 11.8 Å². The van der Waals surface area contributed by atoms with Gasteiger partial charge in [-0.25, -0.2) is 9.59 Å². The first-order valence-corrected chi connectivity index (χ1v) is 8.28. The molecule has 0 rings (SSSR count). The van der Waals surface area contributed by atoms with Crippen LogP contribution in [-0.2, 0) is 14.3 Å². The minimum Gasteiger partial charge on any atom is -0.480 e. The average Bonchev–Trinajstić information content (AvgIpc) is 2.42. The van der Waals surface area contributed by atoms with Crippen molar-refractivity contribution in [3.05, 3.63) is 0 Å². The maximum atomic E-state index is 12.1. The third-order valence-electron chi connectivity index (χ3n) is 2.61. The van der Waals surface area contributed by atoms with E-state index in [0.717, 1.165) is 0 Å². The Labute approximate surface area is 129 Å². The molecule has 0 aliphatic rings. The van der Waals surface area contributed by atoms with Crippen molar-refractivity contribution < 1.29 is 24.2 Å². The number of carboxylic acids is 1. The Bertz CT molecular complexity index is 351. The standard InChI is InChI=1S/C13H24N2O5S/c1-4-7-15(9-11(16)20-5-2)13(19)14-10(12(17)18)6-8-21-3/h10H,4-9H2,1-3H3,(H,14,19)(H,17,18)/t10-/m1/s1. The number of aliphatic carboxylic acids is 1. The number of hydrogen-bond acceptors (Lipinski definition) is 5. The summed E-state index contributed by atoms with van der Waals surface area (Å²) in [5.74, 6) is -0.954. The van der Waals surface area contributed by atoms with Gasteiger partial charge in [0, 0.05) is 6.54 Å². The first-order chi connectivity index (χ1) is 9.96. The van der Waals surface area contributed by atoms with Crippen molar-refractivity contribution in [1.29, 1.82) is 0 Å². The largest absolute Gasteiger partial charge is 0.480 e. The minimum atomic E-state index is -1.08. The molecule has 0 radical (unpaired) electrons. The van der Waals surface area contributed by atoms with Gasteiger partial charge in [0.25, 0.3) is 0 Å². The second-order valence-electron chi connectivity index (χ2n) is 4.35. The number of carbonyl (C=O) groups excluding carboxylic acids is 2. The van der Waals surface area contributed by atoms with E-state index in [1.165, 1.54) is 16.7 Å². The quantitative estimate of drug-likeness (QED) is 0.587. The molecule has 0 unspecified atom stereocenters. The van der Waals surface area contributed by atoms with Crippen molar-refractivity contribution in [2.24, 2.45) is 0 Å². The van der Waals surface area contributed by atoms with Gasteiger partial charge >= 0.3 is 18.0 Å². The molecule has 0 aliphatic heterocycles. The van der Waals surface area contributed by atoms with E-state index in [1.54, 1.807) is 6.92 Å². The molecular weight excluding hydrogens is 296 g/mol. The van der Waals surface area contributed by atoms with Crippen molar-refractivity contribution in [2.45, 2.75) is 32.7 Å². The zero-order valence-corrected chi connectivity index (χ0v) is 13.6. The fourth-order valence-electron chi connectivity index (χ4n) is 1.62. The number of rotatable bonds is 10. The third kappa shape index (κ3) is 8.44. The SMILES string of the molecule is CCCN(CC(=O)OCC)C(=O)N[C@H](CCSC)C(=O)O. The smallest absolute Gasteiger partial charge is 0.326 e. The summed E-state index contributed by atoms with van der Waals surface area (Å²) in [7, 11) is 0. The van der Waals surface area contributed by atoms with Crippen LogP contribution >= 0.6 is 11.8 Å².